The van der Waals surface area contributed by atoms with Gasteiger partial charge in [-0.3, -0.25) is 14.4 Å². The number of fused-ring (bicyclic) bond motifs is 7. The molecule has 1 N–H and O–H groups in total. The second-order valence-electron chi connectivity index (χ2n) is 11.7. The predicted octanol–water partition coefficient (Wildman–Crippen LogP) is 3.29. The summed E-state index contributed by atoms with van der Waals surface area (Å²) in [5, 5.41) is 11.5. The normalized spacial score (nSPS) is 47.6. The van der Waals surface area contributed by atoms with Crippen molar-refractivity contribution in [1.29, 1.82) is 0 Å². The number of hydrogen-bond donors (Lipinski definition) is 1. The summed E-state index contributed by atoms with van der Waals surface area (Å²) >= 11 is 0. The maximum atomic E-state index is 17.3. The van der Waals surface area contributed by atoms with Crippen molar-refractivity contribution in [3.63, 3.8) is 0 Å². The number of ether oxygens (including phenoxy) is 3. The quantitative estimate of drug-likeness (QED) is 0.601. The molecule has 8 unspecified atom stereocenters. The summed E-state index contributed by atoms with van der Waals surface area (Å²) in [6.07, 6.45) is -0.125. The maximum absolute atomic E-state index is 17.3. The second-order valence-corrected chi connectivity index (χ2v) is 11.7. The molecule has 8 atom stereocenters. The van der Waals surface area contributed by atoms with Gasteiger partial charge in [-0.1, -0.05) is 13.0 Å². The smallest absolute Gasteiger partial charge is 0.303 e. The molecule has 5 aliphatic rings. The number of carbonyl (C=O) groups excluding carboxylic acids is 3. The molecule has 0 amide bonds. The predicted molar refractivity (Wildman–Crippen MR) is 118 cm³/mol. The molecule has 0 bridgehead atoms. The van der Waals surface area contributed by atoms with E-state index in [0.29, 0.717) is 0 Å². The highest BCUT2D eigenvalue weighted by atomic mass is 19.1. The van der Waals surface area contributed by atoms with Gasteiger partial charge in [-0.2, -0.15) is 0 Å². The average Bonchev–Trinajstić information content (AvgIpc) is 3.16. The van der Waals surface area contributed by atoms with E-state index in [0.717, 1.165) is 0 Å². The zero-order chi connectivity index (χ0) is 25.8. The molecule has 0 radical (unpaired) electrons. The van der Waals surface area contributed by atoms with Crippen LogP contribution < -0.4 is 0 Å². The van der Waals surface area contributed by atoms with E-state index < -0.39 is 76.1 Å². The highest BCUT2D eigenvalue weighted by Gasteiger charge is 2.80. The molecule has 0 aromatic heterocycles. The Morgan fingerprint density at radius 3 is 2.57 bits per heavy atom. The topological polar surface area (TPSA) is 99.1 Å². The molecular formula is C26H32F2O7. The number of ketones is 2. The Morgan fingerprint density at radius 1 is 1.23 bits per heavy atom. The third-order valence-electron chi connectivity index (χ3n) is 9.47. The fourth-order valence-corrected chi connectivity index (χ4v) is 8.05. The van der Waals surface area contributed by atoms with E-state index >= 15 is 8.78 Å². The van der Waals surface area contributed by atoms with Crippen molar-refractivity contribution in [1.82, 2.24) is 0 Å². The Labute approximate surface area is 202 Å². The second kappa shape index (κ2) is 7.29. The Hall–Kier alpha value is -1.97. The Kier molecular flexibility index (Phi) is 5.15. The van der Waals surface area contributed by atoms with E-state index in [2.05, 4.69) is 0 Å². The summed E-state index contributed by atoms with van der Waals surface area (Å²) in [6, 6.07) is 0. The number of halogens is 2. The van der Waals surface area contributed by atoms with Crippen LogP contribution in [0.1, 0.15) is 60.3 Å². The van der Waals surface area contributed by atoms with Gasteiger partial charge < -0.3 is 19.3 Å². The molecule has 9 heteroatoms. The molecule has 1 aliphatic heterocycles. The van der Waals surface area contributed by atoms with Gasteiger partial charge in [0.2, 0.25) is 5.78 Å². The van der Waals surface area contributed by atoms with Gasteiger partial charge >= 0.3 is 5.97 Å². The minimum absolute atomic E-state index is 0.0823. The molecule has 1 heterocycles. The SMILES string of the molecule is CC(=O)OCC(=O)C12OC(C)(C)OC1CC1C3CC(F)=C4CC(=O)C=CC4(C)C3(F)C(O)CC12C. The lowest BCUT2D eigenvalue weighted by atomic mass is 9.45. The first-order valence-corrected chi connectivity index (χ1v) is 12.1. The first-order chi connectivity index (χ1) is 16.1. The highest BCUT2D eigenvalue weighted by molar-refractivity contribution is 5.94. The number of alkyl halides is 1. The number of esters is 1. The van der Waals surface area contributed by atoms with Gasteiger partial charge in [0.05, 0.1) is 12.2 Å². The fraction of sp³-hybridized carbons (Fsp3) is 0.731. The van der Waals surface area contributed by atoms with Crippen LogP contribution in [0.3, 0.4) is 0 Å². The molecule has 7 nitrogen and oxygen atoms in total. The van der Waals surface area contributed by atoms with Crippen molar-refractivity contribution in [2.75, 3.05) is 6.61 Å². The number of aliphatic hydroxyl groups is 1. The van der Waals surface area contributed by atoms with Crippen LogP contribution in [-0.4, -0.2) is 58.5 Å². The number of Topliss-reactive ketones (excluding diaryl/α,β-unsaturated/α-hetero) is 1. The molecule has 2 saturated carbocycles. The van der Waals surface area contributed by atoms with Crippen LogP contribution in [0.2, 0.25) is 0 Å². The van der Waals surface area contributed by atoms with Crippen LogP contribution in [0, 0.1) is 22.7 Å². The third kappa shape index (κ3) is 2.95. The highest BCUT2D eigenvalue weighted by Crippen LogP contribution is 2.72. The molecule has 0 aromatic carbocycles. The molecule has 0 spiro atoms. The largest absolute Gasteiger partial charge is 0.458 e. The van der Waals surface area contributed by atoms with Crippen molar-refractivity contribution in [2.24, 2.45) is 22.7 Å². The van der Waals surface area contributed by atoms with E-state index in [1.165, 1.54) is 26.0 Å². The summed E-state index contributed by atoms with van der Waals surface area (Å²) in [4.78, 5) is 37.1. The lowest BCUT2D eigenvalue weighted by Crippen LogP contribution is -2.70. The minimum atomic E-state index is -2.26. The number of aliphatic hydroxyl groups excluding tert-OH is 1. The zero-order valence-electron chi connectivity index (χ0n) is 20.7. The van der Waals surface area contributed by atoms with Gasteiger partial charge in [0.1, 0.15) is 5.83 Å². The molecule has 1 saturated heterocycles. The molecular weight excluding hydrogens is 462 g/mol. The van der Waals surface area contributed by atoms with Gasteiger partial charge in [-0.15, -0.1) is 0 Å². The van der Waals surface area contributed by atoms with Crippen molar-refractivity contribution in [3.8, 4) is 0 Å². The van der Waals surface area contributed by atoms with Gasteiger partial charge in [0.15, 0.2) is 29.4 Å². The number of hydrogen-bond acceptors (Lipinski definition) is 7. The van der Waals surface area contributed by atoms with E-state index in [1.807, 2.05) is 0 Å². The van der Waals surface area contributed by atoms with Crippen LogP contribution in [0.5, 0.6) is 0 Å². The number of allylic oxidation sites excluding steroid dienone is 4. The van der Waals surface area contributed by atoms with E-state index in [9.17, 15) is 19.5 Å². The van der Waals surface area contributed by atoms with Crippen LogP contribution in [0.4, 0.5) is 8.78 Å². The van der Waals surface area contributed by atoms with Crippen molar-refractivity contribution in [3.05, 3.63) is 23.6 Å². The van der Waals surface area contributed by atoms with Crippen LogP contribution >= 0.6 is 0 Å². The average molecular weight is 495 g/mol. The first-order valence-electron chi connectivity index (χ1n) is 12.1. The van der Waals surface area contributed by atoms with Crippen molar-refractivity contribution in [2.45, 2.75) is 89.6 Å². The maximum Gasteiger partial charge on any atom is 0.303 e. The standard InChI is InChI=1S/C26H32F2O7/c1-13(29)33-12-20(32)26-21(34-22(2,3)35-26)10-15-16-9-18(27)17-8-14(30)6-7-23(17,4)25(16,28)19(31)11-24(15,26)5/h6-7,15-16,19,21,31H,8-12H2,1-5H3. The van der Waals surface area contributed by atoms with Crippen LogP contribution in [0.15, 0.2) is 23.6 Å². The molecule has 192 valence electrons. The Balaban J connectivity index is 1.63. The van der Waals surface area contributed by atoms with Crippen molar-refractivity contribution < 1.29 is 42.5 Å². The van der Waals surface area contributed by atoms with Gasteiger partial charge in [0.25, 0.3) is 0 Å². The Morgan fingerprint density at radius 2 is 1.91 bits per heavy atom. The van der Waals surface area contributed by atoms with Crippen molar-refractivity contribution >= 4 is 17.5 Å². The number of rotatable bonds is 3. The number of carbonyl (C=O) groups is 3. The lowest BCUT2D eigenvalue weighted by molar-refractivity contribution is -0.244. The van der Waals surface area contributed by atoms with Crippen LogP contribution in [0.25, 0.3) is 0 Å². The molecule has 35 heavy (non-hydrogen) atoms. The summed E-state index contributed by atoms with van der Waals surface area (Å²) in [6.45, 7) is 7.28. The van der Waals surface area contributed by atoms with Gasteiger partial charge in [0, 0.05) is 36.5 Å². The van der Waals surface area contributed by atoms with Gasteiger partial charge in [-0.25, -0.2) is 8.78 Å². The van der Waals surface area contributed by atoms with Crippen LogP contribution in [-0.2, 0) is 28.6 Å². The minimum Gasteiger partial charge on any atom is -0.458 e. The van der Waals surface area contributed by atoms with E-state index in [-0.39, 0.29) is 37.0 Å². The fourth-order valence-electron chi connectivity index (χ4n) is 8.05. The summed E-state index contributed by atoms with van der Waals surface area (Å²) < 4.78 is 50.3. The van der Waals surface area contributed by atoms with E-state index in [1.54, 1.807) is 20.8 Å². The third-order valence-corrected chi connectivity index (χ3v) is 9.47. The van der Waals surface area contributed by atoms with E-state index in [4.69, 9.17) is 14.2 Å². The molecule has 4 aliphatic carbocycles. The molecule has 0 aromatic rings. The molecule has 5 rings (SSSR count). The van der Waals surface area contributed by atoms with Gasteiger partial charge in [-0.05, 0) is 51.2 Å². The summed E-state index contributed by atoms with van der Waals surface area (Å²) in [5.41, 5.74) is -6.39. The summed E-state index contributed by atoms with van der Waals surface area (Å²) in [5.74, 6) is -4.69. The zero-order valence-corrected chi connectivity index (χ0v) is 20.7. The Bertz CT molecular complexity index is 1080. The summed E-state index contributed by atoms with van der Waals surface area (Å²) in [7, 11) is 0. The lowest BCUT2D eigenvalue weighted by Gasteiger charge is -2.62. The monoisotopic (exact) mass is 494 g/mol. The first kappa shape index (κ1) is 24.7. The molecule has 3 fully saturated rings.